The van der Waals surface area contributed by atoms with E-state index in [1.807, 2.05) is 65.6 Å². The monoisotopic (exact) mass is 353 g/mol. The minimum atomic E-state index is -0.437. The van der Waals surface area contributed by atoms with Crippen molar-refractivity contribution in [2.45, 2.75) is 31.8 Å². The number of rotatable bonds is 7. The number of benzene rings is 2. The fourth-order valence-electron chi connectivity index (χ4n) is 3.48. The Bertz CT molecular complexity index is 666. The third-order valence-electron chi connectivity index (χ3n) is 5.03. The molecule has 1 unspecified atom stereocenters. The van der Waals surface area contributed by atoms with Crippen LogP contribution in [0.2, 0.25) is 0 Å². The SMILES string of the molecule is O=C(CCCOc1ccccc1)N1CCC(C(O)c2ccccc2)CC1. The van der Waals surface area contributed by atoms with E-state index in [-0.39, 0.29) is 11.8 Å². The predicted molar refractivity (Wildman–Crippen MR) is 102 cm³/mol. The smallest absolute Gasteiger partial charge is 0.222 e. The van der Waals surface area contributed by atoms with Crippen molar-refractivity contribution in [2.24, 2.45) is 5.92 Å². The Balaban J connectivity index is 1.37. The van der Waals surface area contributed by atoms with E-state index in [1.165, 1.54) is 0 Å². The lowest BCUT2D eigenvalue weighted by Gasteiger charge is -2.34. The molecule has 0 saturated carbocycles. The van der Waals surface area contributed by atoms with Crippen LogP contribution in [0.25, 0.3) is 0 Å². The Kier molecular flexibility index (Phi) is 6.67. The lowest BCUT2D eigenvalue weighted by atomic mass is 9.87. The Morgan fingerprint density at radius 2 is 1.65 bits per heavy atom. The first kappa shape index (κ1) is 18.5. The van der Waals surface area contributed by atoms with E-state index >= 15 is 0 Å². The zero-order valence-electron chi connectivity index (χ0n) is 15.1. The number of nitrogens with zero attached hydrogens (tertiary/aromatic N) is 1. The van der Waals surface area contributed by atoms with Crippen LogP contribution in [-0.4, -0.2) is 35.6 Å². The molecule has 3 rings (SSSR count). The molecule has 1 fully saturated rings. The standard InChI is InChI=1S/C22H27NO3/c24-21(12-7-17-26-20-10-5-2-6-11-20)23-15-13-19(14-16-23)22(25)18-8-3-1-4-9-18/h1-6,8-11,19,22,25H,7,12-17H2. The van der Waals surface area contributed by atoms with Gasteiger partial charge in [-0.2, -0.15) is 0 Å². The topological polar surface area (TPSA) is 49.8 Å². The van der Waals surface area contributed by atoms with Gasteiger partial charge in [-0.1, -0.05) is 48.5 Å². The number of aliphatic hydroxyl groups is 1. The average Bonchev–Trinajstić information content (AvgIpc) is 2.72. The van der Waals surface area contributed by atoms with Crippen LogP contribution in [0, 0.1) is 5.92 Å². The number of piperidine rings is 1. The average molecular weight is 353 g/mol. The first-order valence-corrected chi connectivity index (χ1v) is 9.42. The van der Waals surface area contributed by atoms with E-state index in [9.17, 15) is 9.90 Å². The molecule has 2 aromatic carbocycles. The molecule has 1 amide bonds. The lowest BCUT2D eigenvalue weighted by molar-refractivity contribution is -0.133. The summed E-state index contributed by atoms with van der Waals surface area (Å²) in [6, 6.07) is 19.5. The molecule has 26 heavy (non-hydrogen) atoms. The highest BCUT2D eigenvalue weighted by atomic mass is 16.5. The zero-order valence-corrected chi connectivity index (χ0v) is 15.1. The maximum Gasteiger partial charge on any atom is 0.222 e. The van der Waals surface area contributed by atoms with E-state index in [4.69, 9.17) is 4.74 Å². The third kappa shape index (κ3) is 5.09. The maximum absolute atomic E-state index is 12.4. The van der Waals surface area contributed by atoms with Gasteiger partial charge in [0.15, 0.2) is 0 Å². The van der Waals surface area contributed by atoms with Crippen LogP contribution in [0.3, 0.4) is 0 Å². The van der Waals surface area contributed by atoms with Crippen molar-refractivity contribution in [1.29, 1.82) is 0 Å². The number of likely N-dealkylation sites (tertiary alicyclic amines) is 1. The van der Waals surface area contributed by atoms with E-state index in [2.05, 4.69) is 0 Å². The van der Waals surface area contributed by atoms with Gasteiger partial charge >= 0.3 is 0 Å². The fourth-order valence-corrected chi connectivity index (χ4v) is 3.48. The summed E-state index contributed by atoms with van der Waals surface area (Å²) in [6.07, 6.45) is 2.50. The van der Waals surface area contributed by atoms with Crippen molar-refractivity contribution in [2.75, 3.05) is 19.7 Å². The van der Waals surface area contributed by atoms with Gasteiger partial charge in [0.2, 0.25) is 5.91 Å². The van der Waals surface area contributed by atoms with Crippen molar-refractivity contribution in [3.63, 3.8) is 0 Å². The highest BCUT2D eigenvalue weighted by Crippen LogP contribution is 2.30. The quantitative estimate of drug-likeness (QED) is 0.770. The highest BCUT2D eigenvalue weighted by Gasteiger charge is 2.27. The van der Waals surface area contributed by atoms with Crippen molar-refractivity contribution >= 4 is 5.91 Å². The lowest BCUT2D eigenvalue weighted by Crippen LogP contribution is -2.39. The van der Waals surface area contributed by atoms with Crippen LogP contribution >= 0.6 is 0 Å². The van der Waals surface area contributed by atoms with E-state index in [0.717, 1.165) is 43.7 Å². The van der Waals surface area contributed by atoms with E-state index < -0.39 is 6.10 Å². The highest BCUT2D eigenvalue weighted by molar-refractivity contribution is 5.76. The molecule has 1 saturated heterocycles. The Hall–Kier alpha value is -2.33. The molecule has 4 heteroatoms. The van der Waals surface area contributed by atoms with E-state index in [1.54, 1.807) is 0 Å². The first-order chi connectivity index (χ1) is 12.7. The normalized spacial score (nSPS) is 16.3. The number of carbonyl (C=O) groups excluding carboxylic acids is 1. The minimum Gasteiger partial charge on any atom is -0.494 e. The summed E-state index contributed by atoms with van der Waals surface area (Å²) in [4.78, 5) is 14.3. The van der Waals surface area contributed by atoms with Crippen LogP contribution in [0.15, 0.2) is 60.7 Å². The van der Waals surface area contributed by atoms with Crippen molar-refractivity contribution in [3.8, 4) is 5.75 Å². The Labute approximate surface area is 155 Å². The molecule has 0 aliphatic carbocycles. The van der Waals surface area contributed by atoms with Crippen LogP contribution < -0.4 is 4.74 Å². The molecule has 2 aromatic rings. The summed E-state index contributed by atoms with van der Waals surface area (Å²) in [7, 11) is 0. The molecule has 1 heterocycles. The second kappa shape index (κ2) is 9.39. The molecule has 1 aliphatic heterocycles. The number of carbonyl (C=O) groups is 1. The number of para-hydroxylation sites is 1. The number of aliphatic hydroxyl groups excluding tert-OH is 1. The first-order valence-electron chi connectivity index (χ1n) is 9.42. The molecule has 1 atom stereocenters. The number of ether oxygens (including phenoxy) is 1. The number of hydrogen-bond donors (Lipinski definition) is 1. The summed E-state index contributed by atoms with van der Waals surface area (Å²) >= 11 is 0. The van der Waals surface area contributed by atoms with Gasteiger partial charge in [-0.05, 0) is 42.9 Å². The maximum atomic E-state index is 12.4. The van der Waals surface area contributed by atoms with Gasteiger partial charge in [-0.3, -0.25) is 4.79 Å². The van der Waals surface area contributed by atoms with Gasteiger partial charge in [0.05, 0.1) is 12.7 Å². The van der Waals surface area contributed by atoms with Gasteiger partial charge in [0.25, 0.3) is 0 Å². The molecule has 1 N–H and O–H groups in total. The second-order valence-corrected chi connectivity index (χ2v) is 6.84. The van der Waals surface area contributed by atoms with Crippen molar-refractivity contribution in [1.82, 2.24) is 4.90 Å². The van der Waals surface area contributed by atoms with Crippen LogP contribution in [-0.2, 0) is 4.79 Å². The van der Waals surface area contributed by atoms with Crippen molar-refractivity contribution in [3.05, 3.63) is 66.2 Å². The van der Waals surface area contributed by atoms with Gasteiger partial charge < -0.3 is 14.7 Å². The van der Waals surface area contributed by atoms with Crippen LogP contribution in [0.1, 0.15) is 37.4 Å². The second-order valence-electron chi connectivity index (χ2n) is 6.84. The molecule has 0 bridgehead atoms. The molecule has 0 aromatic heterocycles. The van der Waals surface area contributed by atoms with Crippen LogP contribution in [0.5, 0.6) is 5.75 Å². The van der Waals surface area contributed by atoms with Gasteiger partial charge in [-0.25, -0.2) is 0 Å². The van der Waals surface area contributed by atoms with Gasteiger partial charge in [0, 0.05) is 19.5 Å². The molecule has 1 aliphatic rings. The van der Waals surface area contributed by atoms with Gasteiger partial charge in [-0.15, -0.1) is 0 Å². The van der Waals surface area contributed by atoms with Crippen LogP contribution in [0.4, 0.5) is 0 Å². The summed E-state index contributed by atoms with van der Waals surface area (Å²) in [5, 5.41) is 10.5. The molecular formula is C22H27NO3. The molecule has 4 nitrogen and oxygen atoms in total. The molecule has 0 radical (unpaired) electrons. The largest absolute Gasteiger partial charge is 0.494 e. The molecule has 0 spiro atoms. The summed E-state index contributed by atoms with van der Waals surface area (Å²) in [5.41, 5.74) is 0.968. The number of hydrogen-bond acceptors (Lipinski definition) is 3. The number of amides is 1. The minimum absolute atomic E-state index is 0.189. The molecule has 138 valence electrons. The summed E-state index contributed by atoms with van der Waals surface area (Å²) < 4.78 is 5.64. The predicted octanol–water partition coefficient (Wildman–Crippen LogP) is 3.82. The Morgan fingerprint density at radius 3 is 2.31 bits per heavy atom. The van der Waals surface area contributed by atoms with Gasteiger partial charge in [0.1, 0.15) is 5.75 Å². The molecular weight excluding hydrogens is 326 g/mol. The third-order valence-corrected chi connectivity index (χ3v) is 5.03. The summed E-state index contributed by atoms with van der Waals surface area (Å²) in [5.74, 6) is 1.26. The van der Waals surface area contributed by atoms with E-state index in [0.29, 0.717) is 13.0 Å². The Morgan fingerprint density at radius 1 is 1.04 bits per heavy atom. The fraction of sp³-hybridized carbons (Fsp3) is 0.409. The van der Waals surface area contributed by atoms with Crippen molar-refractivity contribution < 1.29 is 14.6 Å². The zero-order chi connectivity index (χ0) is 18.2. The summed E-state index contributed by atoms with van der Waals surface area (Å²) in [6.45, 7) is 2.01.